The monoisotopic (exact) mass is 231 g/mol. The Bertz CT molecular complexity index is 313. The van der Waals surface area contributed by atoms with Gasteiger partial charge in [-0.25, -0.2) is 0 Å². The molecule has 0 aliphatic heterocycles. The molecule has 1 aromatic rings. The van der Waals surface area contributed by atoms with E-state index in [1.165, 1.54) is 11.8 Å². The zero-order valence-corrected chi connectivity index (χ0v) is 9.09. The van der Waals surface area contributed by atoms with Gasteiger partial charge < -0.3 is 0 Å². The molecule has 0 radical (unpaired) electrons. The van der Waals surface area contributed by atoms with Gasteiger partial charge in [-0.1, -0.05) is 29.3 Å². The summed E-state index contributed by atoms with van der Waals surface area (Å²) in [5, 5.41) is 9.65. The van der Waals surface area contributed by atoms with Crippen LogP contribution in [0.4, 0.5) is 0 Å². The van der Waals surface area contributed by atoms with Crippen molar-refractivity contribution in [3.05, 3.63) is 28.2 Å². The van der Waals surface area contributed by atoms with Crippen LogP contribution in [0.1, 0.15) is 6.42 Å². The molecule has 0 N–H and O–H groups in total. The van der Waals surface area contributed by atoms with Crippen molar-refractivity contribution in [3.8, 4) is 6.07 Å². The number of hydrogen-bond donors (Lipinski definition) is 0. The van der Waals surface area contributed by atoms with Gasteiger partial charge >= 0.3 is 0 Å². The van der Waals surface area contributed by atoms with E-state index in [2.05, 4.69) is 6.07 Å². The molecule has 1 aromatic carbocycles. The first-order valence-electron chi connectivity index (χ1n) is 3.69. The normalized spacial score (nSPS) is 9.62. The van der Waals surface area contributed by atoms with Crippen molar-refractivity contribution < 1.29 is 0 Å². The Hall–Kier alpha value is -0.360. The second-order valence-corrected chi connectivity index (χ2v) is 4.23. The molecule has 68 valence electrons. The van der Waals surface area contributed by atoms with E-state index in [1.54, 1.807) is 18.2 Å². The summed E-state index contributed by atoms with van der Waals surface area (Å²) >= 11 is 13.4. The summed E-state index contributed by atoms with van der Waals surface area (Å²) < 4.78 is 0. The molecule has 1 rings (SSSR count). The smallest absolute Gasteiger partial charge is 0.0630 e. The summed E-state index contributed by atoms with van der Waals surface area (Å²) in [6.07, 6.45) is 0.506. The van der Waals surface area contributed by atoms with Gasteiger partial charge in [0.1, 0.15) is 0 Å². The minimum atomic E-state index is 0.506. The van der Waals surface area contributed by atoms with E-state index in [0.717, 1.165) is 10.6 Å². The van der Waals surface area contributed by atoms with Gasteiger partial charge in [-0.15, -0.1) is 11.8 Å². The Morgan fingerprint density at radius 2 is 1.92 bits per heavy atom. The summed E-state index contributed by atoms with van der Waals surface area (Å²) in [5.74, 6) is 0.722. The Labute approximate surface area is 91.6 Å². The van der Waals surface area contributed by atoms with E-state index in [9.17, 15) is 0 Å². The van der Waals surface area contributed by atoms with Crippen molar-refractivity contribution in [3.63, 3.8) is 0 Å². The first kappa shape index (κ1) is 10.7. The minimum Gasteiger partial charge on any atom is -0.198 e. The lowest BCUT2D eigenvalue weighted by molar-refractivity contribution is 1.23. The van der Waals surface area contributed by atoms with E-state index in [4.69, 9.17) is 28.5 Å². The number of rotatable bonds is 3. The summed E-state index contributed by atoms with van der Waals surface area (Å²) in [7, 11) is 0. The third-order valence-electron chi connectivity index (χ3n) is 1.38. The number of thioether (sulfide) groups is 1. The highest BCUT2D eigenvalue weighted by molar-refractivity contribution is 7.99. The van der Waals surface area contributed by atoms with E-state index in [-0.39, 0.29) is 0 Å². The Morgan fingerprint density at radius 3 is 2.46 bits per heavy atom. The van der Waals surface area contributed by atoms with Crippen molar-refractivity contribution >= 4 is 35.0 Å². The summed E-state index contributed by atoms with van der Waals surface area (Å²) in [6, 6.07) is 7.46. The molecule has 0 atom stereocenters. The number of hydrogen-bond acceptors (Lipinski definition) is 2. The lowest BCUT2D eigenvalue weighted by Gasteiger charge is -2.03. The molecule has 0 aliphatic rings. The molecule has 13 heavy (non-hydrogen) atoms. The van der Waals surface area contributed by atoms with Crippen LogP contribution in [0.3, 0.4) is 0 Å². The number of nitrogens with zero attached hydrogens (tertiary/aromatic N) is 1. The molecule has 0 aliphatic carbocycles. The molecule has 0 saturated carbocycles. The van der Waals surface area contributed by atoms with E-state index in [1.807, 2.05) is 0 Å². The summed E-state index contributed by atoms with van der Waals surface area (Å²) in [6.45, 7) is 0. The van der Waals surface area contributed by atoms with Gasteiger partial charge in [0.2, 0.25) is 0 Å². The zero-order chi connectivity index (χ0) is 9.68. The maximum atomic E-state index is 8.35. The molecule has 0 heterocycles. The van der Waals surface area contributed by atoms with Gasteiger partial charge in [-0.2, -0.15) is 5.26 Å². The third-order valence-corrected chi connectivity index (χ3v) is 3.37. The Balaban J connectivity index is 2.71. The molecule has 0 amide bonds. The average molecular weight is 232 g/mol. The molecule has 4 heteroatoms. The van der Waals surface area contributed by atoms with Crippen LogP contribution in [-0.4, -0.2) is 5.75 Å². The molecule has 0 saturated heterocycles. The number of nitriles is 1. The fourth-order valence-corrected chi connectivity index (χ4v) is 2.35. The van der Waals surface area contributed by atoms with Crippen molar-refractivity contribution in [2.75, 3.05) is 5.75 Å². The van der Waals surface area contributed by atoms with Gasteiger partial charge in [0.25, 0.3) is 0 Å². The highest BCUT2D eigenvalue weighted by Crippen LogP contribution is 2.33. The van der Waals surface area contributed by atoms with Crippen molar-refractivity contribution in [1.82, 2.24) is 0 Å². The quantitative estimate of drug-likeness (QED) is 0.580. The second kappa shape index (κ2) is 5.39. The van der Waals surface area contributed by atoms with E-state index in [0.29, 0.717) is 16.5 Å². The van der Waals surface area contributed by atoms with Crippen LogP contribution in [0.25, 0.3) is 0 Å². The molecule has 0 unspecified atom stereocenters. The molecule has 0 bridgehead atoms. The van der Waals surface area contributed by atoms with E-state index < -0.39 is 0 Å². The van der Waals surface area contributed by atoms with Crippen molar-refractivity contribution in [1.29, 1.82) is 5.26 Å². The largest absolute Gasteiger partial charge is 0.198 e. The highest BCUT2D eigenvalue weighted by atomic mass is 35.5. The van der Waals surface area contributed by atoms with Gasteiger partial charge in [0.15, 0.2) is 0 Å². The van der Waals surface area contributed by atoms with Gasteiger partial charge in [-0.3, -0.25) is 0 Å². The maximum Gasteiger partial charge on any atom is 0.0630 e. The number of benzene rings is 1. The predicted molar refractivity (Wildman–Crippen MR) is 57.4 cm³/mol. The average Bonchev–Trinajstić information content (AvgIpc) is 2.10. The molecule has 0 spiro atoms. The first-order chi connectivity index (χ1) is 6.25. The van der Waals surface area contributed by atoms with Crippen molar-refractivity contribution in [2.45, 2.75) is 11.3 Å². The van der Waals surface area contributed by atoms with Crippen LogP contribution in [0.2, 0.25) is 10.0 Å². The molecule has 0 aromatic heterocycles. The molecular weight excluding hydrogens is 225 g/mol. The van der Waals surface area contributed by atoms with Crippen LogP contribution >= 0.6 is 35.0 Å². The fraction of sp³-hybridized carbons (Fsp3) is 0.222. The van der Waals surface area contributed by atoms with Gasteiger partial charge in [0, 0.05) is 17.1 Å². The van der Waals surface area contributed by atoms with Crippen LogP contribution in [-0.2, 0) is 0 Å². The Kier molecular flexibility index (Phi) is 4.44. The summed E-state index contributed by atoms with van der Waals surface area (Å²) in [5.41, 5.74) is 0. The first-order valence-corrected chi connectivity index (χ1v) is 5.43. The molecular formula is C9H7Cl2NS. The summed E-state index contributed by atoms with van der Waals surface area (Å²) in [4.78, 5) is 0.862. The molecule has 0 fully saturated rings. The minimum absolute atomic E-state index is 0.506. The maximum absolute atomic E-state index is 8.35. The zero-order valence-electron chi connectivity index (χ0n) is 6.76. The van der Waals surface area contributed by atoms with E-state index >= 15 is 0 Å². The lowest BCUT2D eigenvalue weighted by Crippen LogP contribution is -1.80. The van der Waals surface area contributed by atoms with Gasteiger partial charge in [0.05, 0.1) is 16.1 Å². The highest BCUT2D eigenvalue weighted by Gasteiger charge is 2.04. The predicted octanol–water partition coefficient (Wildman–Crippen LogP) is 4.00. The Morgan fingerprint density at radius 1 is 1.31 bits per heavy atom. The third kappa shape index (κ3) is 3.11. The molecule has 1 nitrogen and oxygen atoms in total. The standard InChI is InChI=1S/C9H7Cl2NS/c10-7-3-1-4-8(11)9(7)13-6-2-5-12/h1,3-4H,2,6H2. The lowest BCUT2D eigenvalue weighted by atomic mass is 10.4. The number of halogens is 2. The second-order valence-electron chi connectivity index (χ2n) is 2.31. The van der Waals surface area contributed by atoms with Crippen molar-refractivity contribution in [2.24, 2.45) is 0 Å². The van der Waals surface area contributed by atoms with Gasteiger partial charge in [-0.05, 0) is 12.1 Å². The van der Waals surface area contributed by atoms with Crippen LogP contribution in [0.5, 0.6) is 0 Å². The van der Waals surface area contributed by atoms with Crippen LogP contribution in [0, 0.1) is 11.3 Å². The van der Waals surface area contributed by atoms with Crippen LogP contribution < -0.4 is 0 Å². The fourth-order valence-electron chi connectivity index (χ4n) is 0.819. The SMILES string of the molecule is N#CCCSc1c(Cl)cccc1Cl. The van der Waals surface area contributed by atoms with Crippen LogP contribution in [0.15, 0.2) is 23.1 Å². The topological polar surface area (TPSA) is 23.8 Å².